The molecule has 1 unspecified atom stereocenters. The van der Waals surface area contributed by atoms with Crippen molar-refractivity contribution in [2.24, 2.45) is 10.1 Å². The number of thioether (sulfide) groups is 1. The van der Waals surface area contributed by atoms with Crippen LogP contribution in [0.15, 0.2) is 55.4 Å². The number of benzene rings is 2. The van der Waals surface area contributed by atoms with Crippen molar-refractivity contribution in [2.75, 3.05) is 11.1 Å². The van der Waals surface area contributed by atoms with E-state index in [1.807, 2.05) is 37.3 Å². The second-order valence-electron chi connectivity index (χ2n) is 6.54. The summed E-state index contributed by atoms with van der Waals surface area (Å²) >= 11 is 8.33. The quantitative estimate of drug-likeness (QED) is 0.587. The fourth-order valence-electron chi connectivity index (χ4n) is 3.67. The molecule has 2 N–H and O–H groups in total. The van der Waals surface area contributed by atoms with Crippen LogP contribution in [0, 0.1) is 0 Å². The Kier molecular flexibility index (Phi) is 4.34. The number of hydrogen-bond acceptors (Lipinski definition) is 6. The normalized spacial score (nSPS) is 21.7. The number of amidine groups is 1. The van der Waals surface area contributed by atoms with E-state index in [1.165, 1.54) is 16.8 Å². The summed E-state index contributed by atoms with van der Waals surface area (Å²) in [5.41, 5.74) is 0.0850. The lowest BCUT2D eigenvalue weighted by Gasteiger charge is -2.39. The Morgan fingerprint density at radius 2 is 1.86 bits per heavy atom. The second kappa shape index (κ2) is 6.68. The minimum atomic E-state index is -1.49. The molecule has 2 aromatic rings. The highest BCUT2D eigenvalue weighted by molar-refractivity contribution is 9.10. The lowest BCUT2D eigenvalue weighted by molar-refractivity contribution is -0.127. The zero-order valence-electron chi connectivity index (χ0n) is 15.0. The molecule has 3 aliphatic rings. The van der Waals surface area contributed by atoms with Gasteiger partial charge in [-0.05, 0) is 42.2 Å². The molecule has 1 spiro atoms. The van der Waals surface area contributed by atoms with E-state index in [1.54, 1.807) is 6.07 Å². The molecule has 10 heteroatoms. The van der Waals surface area contributed by atoms with Crippen molar-refractivity contribution in [3.05, 3.63) is 61.5 Å². The zero-order chi connectivity index (χ0) is 20.3. The molecule has 0 aromatic heterocycles. The van der Waals surface area contributed by atoms with E-state index < -0.39 is 5.66 Å². The number of fused-ring (bicyclic) bond motifs is 5. The van der Waals surface area contributed by atoms with Gasteiger partial charge >= 0.3 is 0 Å². The molecule has 0 saturated heterocycles. The first-order valence-electron chi connectivity index (χ1n) is 8.78. The van der Waals surface area contributed by atoms with Gasteiger partial charge in [0.25, 0.3) is 17.5 Å². The summed E-state index contributed by atoms with van der Waals surface area (Å²) in [6, 6.07) is 10.9. The van der Waals surface area contributed by atoms with Crippen molar-refractivity contribution in [1.29, 1.82) is 0 Å². The van der Waals surface area contributed by atoms with Gasteiger partial charge < -0.3 is 5.32 Å². The van der Waals surface area contributed by atoms with Crippen LogP contribution in [0.4, 0.5) is 5.69 Å². The highest BCUT2D eigenvalue weighted by Crippen LogP contribution is 2.46. The number of anilines is 1. The Morgan fingerprint density at radius 3 is 2.66 bits per heavy atom. The SMILES string of the molecule is CCSC1=NN2C(=c3cc(Br)ccc3=NC23C(=O)Nc2ccc(Br)cc23)C(=O)N1. The lowest BCUT2D eigenvalue weighted by atomic mass is 9.97. The minimum absolute atomic E-state index is 0.291. The molecule has 3 heterocycles. The monoisotopic (exact) mass is 533 g/mol. The summed E-state index contributed by atoms with van der Waals surface area (Å²) in [6.07, 6.45) is 0. The van der Waals surface area contributed by atoms with E-state index in [2.05, 4.69) is 47.6 Å². The second-order valence-corrected chi connectivity index (χ2v) is 9.63. The molecule has 146 valence electrons. The van der Waals surface area contributed by atoms with Crippen LogP contribution in [0.1, 0.15) is 12.5 Å². The van der Waals surface area contributed by atoms with Crippen molar-refractivity contribution >= 4 is 72.0 Å². The predicted octanol–water partition coefficient (Wildman–Crippen LogP) is 2.21. The van der Waals surface area contributed by atoms with E-state index >= 15 is 0 Å². The average molecular weight is 535 g/mol. The van der Waals surface area contributed by atoms with Gasteiger partial charge in [0, 0.05) is 25.4 Å². The molecule has 0 bridgehead atoms. The van der Waals surface area contributed by atoms with Gasteiger partial charge in [0.2, 0.25) is 0 Å². The number of nitrogens with zero attached hydrogens (tertiary/aromatic N) is 3. The molecule has 3 aliphatic heterocycles. The van der Waals surface area contributed by atoms with E-state index in [-0.39, 0.29) is 11.8 Å². The molecule has 0 fully saturated rings. The fourth-order valence-corrected chi connectivity index (χ4v) is 4.97. The number of hydrazone groups is 1. The number of hydrogen-bond donors (Lipinski definition) is 2. The minimum Gasteiger partial charge on any atom is -0.321 e. The van der Waals surface area contributed by atoms with E-state index in [4.69, 9.17) is 4.99 Å². The van der Waals surface area contributed by atoms with Crippen LogP contribution < -0.4 is 21.2 Å². The average Bonchev–Trinajstić information content (AvgIpc) is 2.94. The molecular formula is C19H13Br2N5O2S. The maximum absolute atomic E-state index is 13.3. The van der Waals surface area contributed by atoms with Gasteiger partial charge in [-0.15, -0.1) is 5.10 Å². The van der Waals surface area contributed by atoms with Gasteiger partial charge in [-0.3, -0.25) is 14.9 Å². The largest absolute Gasteiger partial charge is 0.321 e. The molecular weight excluding hydrogens is 522 g/mol. The third-order valence-corrected chi connectivity index (χ3v) is 6.58. The van der Waals surface area contributed by atoms with Gasteiger partial charge in [-0.1, -0.05) is 50.5 Å². The molecule has 29 heavy (non-hydrogen) atoms. The third-order valence-electron chi connectivity index (χ3n) is 4.84. The summed E-state index contributed by atoms with van der Waals surface area (Å²) < 4.78 is 1.61. The van der Waals surface area contributed by atoms with Gasteiger partial charge in [-0.2, -0.15) is 0 Å². The highest BCUT2D eigenvalue weighted by atomic mass is 79.9. The van der Waals surface area contributed by atoms with Crippen LogP contribution >= 0.6 is 43.6 Å². The van der Waals surface area contributed by atoms with Crippen LogP contribution in [-0.4, -0.2) is 27.7 Å². The predicted molar refractivity (Wildman–Crippen MR) is 118 cm³/mol. The molecule has 1 atom stereocenters. The summed E-state index contributed by atoms with van der Waals surface area (Å²) in [7, 11) is 0. The number of amides is 2. The van der Waals surface area contributed by atoms with Crippen molar-refractivity contribution in [2.45, 2.75) is 12.6 Å². The van der Waals surface area contributed by atoms with E-state index in [9.17, 15) is 9.59 Å². The van der Waals surface area contributed by atoms with E-state index in [0.717, 1.165) is 14.7 Å². The first kappa shape index (κ1) is 18.8. The van der Waals surface area contributed by atoms with Crippen LogP contribution in [0.5, 0.6) is 0 Å². The zero-order valence-corrected chi connectivity index (χ0v) is 19.0. The first-order valence-corrected chi connectivity index (χ1v) is 11.4. The number of carbonyl (C=O) groups excluding carboxylic acids is 2. The smallest absolute Gasteiger partial charge is 0.279 e. The van der Waals surface area contributed by atoms with Crippen molar-refractivity contribution in [3.63, 3.8) is 0 Å². The van der Waals surface area contributed by atoms with E-state index in [0.29, 0.717) is 32.7 Å². The maximum Gasteiger partial charge on any atom is 0.279 e. The van der Waals surface area contributed by atoms with Crippen molar-refractivity contribution in [1.82, 2.24) is 10.3 Å². The molecule has 0 radical (unpaired) electrons. The first-order chi connectivity index (χ1) is 13.9. The molecule has 2 amide bonds. The Hall–Kier alpha value is -2.17. The number of halogens is 2. The molecule has 7 nitrogen and oxygen atoms in total. The number of rotatable bonds is 1. The molecule has 5 rings (SSSR count). The Bertz CT molecular complexity index is 1260. The topological polar surface area (TPSA) is 86.2 Å². The van der Waals surface area contributed by atoms with Crippen LogP contribution in [0.25, 0.3) is 5.70 Å². The Labute approximate surface area is 186 Å². The Balaban J connectivity index is 1.90. The van der Waals surface area contributed by atoms with Gasteiger partial charge in [-0.25, -0.2) is 10.0 Å². The molecule has 2 aromatic carbocycles. The van der Waals surface area contributed by atoms with Gasteiger partial charge in [0.1, 0.15) is 5.70 Å². The summed E-state index contributed by atoms with van der Waals surface area (Å²) in [5, 5.41) is 13.4. The van der Waals surface area contributed by atoms with Crippen molar-refractivity contribution in [3.8, 4) is 0 Å². The highest BCUT2D eigenvalue weighted by Gasteiger charge is 2.56. The number of carbonyl (C=O) groups is 2. The van der Waals surface area contributed by atoms with Crippen LogP contribution in [-0.2, 0) is 15.3 Å². The summed E-state index contributed by atoms with van der Waals surface area (Å²) in [5.74, 6) is 0.0555. The fraction of sp³-hybridized carbons (Fsp3) is 0.158. The summed E-state index contributed by atoms with van der Waals surface area (Å²) in [4.78, 5) is 31.3. The molecule has 0 aliphatic carbocycles. The number of nitrogens with one attached hydrogen (secondary N) is 2. The summed E-state index contributed by atoms with van der Waals surface area (Å²) in [6.45, 7) is 1.97. The van der Waals surface area contributed by atoms with Crippen molar-refractivity contribution < 1.29 is 9.59 Å². The third kappa shape index (κ3) is 2.69. The van der Waals surface area contributed by atoms with Crippen LogP contribution in [0.3, 0.4) is 0 Å². The van der Waals surface area contributed by atoms with Gasteiger partial charge in [0.05, 0.1) is 5.36 Å². The van der Waals surface area contributed by atoms with Gasteiger partial charge in [0.15, 0.2) is 5.17 Å². The lowest BCUT2D eigenvalue weighted by Crippen LogP contribution is -2.59. The maximum atomic E-state index is 13.3. The Morgan fingerprint density at radius 1 is 1.10 bits per heavy atom. The van der Waals surface area contributed by atoms with Crippen LogP contribution in [0.2, 0.25) is 0 Å². The molecule has 0 saturated carbocycles. The standard InChI is InChI=1S/C19H13Br2N5O2S/c1-2-29-18-23-16(27)15-11-7-9(20)3-5-13(11)24-19(26(15)25-18)12-8-10(21)4-6-14(12)22-17(19)28/h3-8H,2H2,1H3,(H,22,28)(H,23,25,27).